The predicted octanol–water partition coefficient (Wildman–Crippen LogP) is 3.45. The molecule has 2 aromatic carbocycles. The summed E-state index contributed by atoms with van der Waals surface area (Å²) in [5.74, 6) is 2.36. The zero-order valence-corrected chi connectivity index (χ0v) is 19.2. The summed E-state index contributed by atoms with van der Waals surface area (Å²) in [6, 6.07) is 14.5. The van der Waals surface area contributed by atoms with E-state index in [9.17, 15) is 0 Å². The highest BCUT2D eigenvalue weighted by atomic mass is 16.5. The maximum Gasteiger partial charge on any atom is 0.191 e. The number of methoxy groups -OCH3 is 1. The number of hydrogen-bond acceptors (Lipinski definition) is 5. The Balaban J connectivity index is 1.79. The summed E-state index contributed by atoms with van der Waals surface area (Å²) in [4.78, 5) is 4.31. The van der Waals surface area contributed by atoms with Crippen molar-refractivity contribution >= 4 is 11.6 Å². The summed E-state index contributed by atoms with van der Waals surface area (Å²) in [7, 11) is 3.48. The SMILES string of the molecule is CCOc1ccc(CCNC(=NC)NCc2ccc(NCCOC)cc2)cc1OCC. The van der Waals surface area contributed by atoms with Gasteiger partial charge in [-0.25, -0.2) is 0 Å². The van der Waals surface area contributed by atoms with E-state index in [2.05, 4.69) is 57.3 Å². The average molecular weight is 429 g/mol. The van der Waals surface area contributed by atoms with Crippen LogP contribution in [0.5, 0.6) is 11.5 Å². The molecule has 0 spiro atoms. The Bertz CT molecular complexity index is 794. The normalized spacial score (nSPS) is 11.2. The van der Waals surface area contributed by atoms with Gasteiger partial charge in [0.2, 0.25) is 0 Å². The first kappa shape index (κ1) is 24.3. The van der Waals surface area contributed by atoms with Crippen LogP contribution in [0.3, 0.4) is 0 Å². The van der Waals surface area contributed by atoms with E-state index in [0.29, 0.717) is 26.4 Å². The summed E-state index contributed by atoms with van der Waals surface area (Å²) in [5.41, 5.74) is 3.46. The highest BCUT2D eigenvalue weighted by Crippen LogP contribution is 2.28. The van der Waals surface area contributed by atoms with Gasteiger partial charge in [0.25, 0.3) is 0 Å². The predicted molar refractivity (Wildman–Crippen MR) is 127 cm³/mol. The van der Waals surface area contributed by atoms with E-state index >= 15 is 0 Å². The molecule has 0 aliphatic carbocycles. The Labute approximate surface area is 186 Å². The second-order valence-electron chi connectivity index (χ2n) is 6.87. The molecule has 7 heteroatoms. The van der Waals surface area contributed by atoms with E-state index in [1.807, 2.05) is 19.9 Å². The van der Waals surface area contributed by atoms with Gasteiger partial charge in [0.15, 0.2) is 17.5 Å². The van der Waals surface area contributed by atoms with E-state index < -0.39 is 0 Å². The second-order valence-corrected chi connectivity index (χ2v) is 6.87. The standard InChI is InChI=1S/C24H36N4O3/c1-5-30-22-12-9-19(17-23(22)31-6-2)13-14-27-24(25-3)28-18-20-7-10-21(11-8-20)26-15-16-29-4/h7-12,17,26H,5-6,13-16,18H2,1-4H3,(H2,25,27,28). The Morgan fingerprint density at radius 2 is 1.58 bits per heavy atom. The lowest BCUT2D eigenvalue weighted by molar-refractivity contribution is 0.211. The van der Waals surface area contributed by atoms with Crippen LogP contribution < -0.4 is 25.4 Å². The molecule has 0 heterocycles. The lowest BCUT2D eigenvalue weighted by Gasteiger charge is -2.14. The fourth-order valence-corrected chi connectivity index (χ4v) is 3.02. The molecule has 0 amide bonds. The van der Waals surface area contributed by atoms with Crippen molar-refractivity contribution in [2.75, 3.05) is 52.4 Å². The fourth-order valence-electron chi connectivity index (χ4n) is 3.02. The fraction of sp³-hybridized carbons (Fsp3) is 0.458. The lowest BCUT2D eigenvalue weighted by atomic mass is 10.1. The zero-order valence-electron chi connectivity index (χ0n) is 19.2. The number of anilines is 1. The summed E-state index contributed by atoms with van der Waals surface area (Å²) in [6.45, 7) is 8.14. The monoisotopic (exact) mass is 428 g/mol. The number of guanidine groups is 1. The molecule has 0 radical (unpaired) electrons. The molecule has 0 saturated heterocycles. The molecular formula is C24H36N4O3. The largest absolute Gasteiger partial charge is 0.490 e. The van der Waals surface area contributed by atoms with Crippen LogP contribution in [0.1, 0.15) is 25.0 Å². The highest BCUT2D eigenvalue weighted by Gasteiger charge is 2.06. The van der Waals surface area contributed by atoms with Crippen LogP contribution in [0.15, 0.2) is 47.5 Å². The second kappa shape index (κ2) is 14.1. The third-order valence-electron chi connectivity index (χ3n) is 4.59. The van der Waals surface area contributed by atoms with Crippen molar-refractivity contribution in [2.45, 2.75) is 26.8 Å². The molecule has 0 unspecified atom stereocenters. The third kappa shape index (κ3) is 8.76. The number of nitrogens with one attached hydrogen (secondary N) is 3. The van der Waals surface area contributed by atoms with Crippen molar-refractivity contribution in [1.82, 2.24) is 10.6 Å². The van der Waals surface area contributed by atoms with Crippen LogP contribution in [0.25, 0.3) is 0 Å². The molecule has 31 heavy (non-hydrogen) atoms. The number of nitrogens with zero attached hydrogens (tertiary/aromatic N) is 1. The van der Waals surface area contributed by atoms with E-state index in [0.717, 1.165) is 42.7 Å². The molecule has 0 bridgehead atoms. The molecule has 7 nitrogen and oxygen atoms in total. The molecule has 2 aromatic rings. The first-order chi connectivity index (χ1) is 15.2. The van der Waals surface area contributed by atoms with Crippen LogP contribution in [0, 0.1) is 0 Å². The van der Waals surface area contributed by atoms with Gasteiger partial charge >= 0.3 is 0 Å². The van der Waals surface area contributed by atoms with Crippen molar-refractivity contribution in [3.8, 4) is 11.5 Å². The molecule has 0 atom stereocenters. The van der Waals surface area contributed by atoms with Gasteiger partial charge in [-0.15, -0.1) is 0 Å². The molecule has 0 saturated carbocycles. The number of rotatable bonds is 13. The van der Waals surface area contributed by atoms with Crippen molar-refractivity contribution in [2.24, 2.45) is 4.99 Å². The molecule has 0 fully saturated rings. The van der Waals surface area contributed by atoms with E-state index in [-0.39, 0.29) is 0 Å². The number of ether oxygens (including phenoxy) is 3. The van der Waals surface area contributed by atoms with E-state index in [1.165, 1.54) is 11.1 Å². The Morgan fingerprint density at radius 3 is 2.26 bits per heavy atom. The van der Waals surface area contributed by atoms with Crippen molar-refractivity contribution < 1.29 is 14.2 Å². The molecule has 0 aromatic heterocycles. The maximum atomic E-state index is 5.71. The summed E-state index contributed by atoms with van der Waals surface area (Å²) in [5, 5.41) is 10.0. The Morgan fingerprint density at radius 1 is 0.871 bits per heavy atom. The van der Waals surface area contributed by atoms with Crippen LogP contribution in [-0.2, 0) is 17.7 Å². The number of hydrogen-bond donors (Lipinski definition) is 3. The number of benzene rings is 2. The minimum Gasteiger partial charge on any atom is -0.490 e. The minimum atomic E-state index is 0.614. The van der Waals surface area contributed by atoms with Crippen LogP contribution in [0.4, 0.5) is 5.69 Å². The summed E-state index contributed by atoms with van der Waals surface area (Å²) in [6.07, 6.45) is 0.856. The Hall–Kier alpha value is -2.93. The average Bonchev–Trinajstić information content (AvgIpc) is 2.79. The van der Waals surface area contributed by atoms with Crippen LogP contribution in [-0.4, -0.2) is 53.0 Å². The summed E-state index contributed by atoms with van der Waals surface area (Å²) >= 11 is 0. The smallest absolute Gasteiger partial charge is 0.191 e. The van der Waals surface area contributed by atoms with Gasteiger partial charge in [0.1, 0.15) is 0 Å². The summed E-state index contributed by atoms with van der Waals surface area (Å²) < 4.78 is 16.4. The van der Waals surface area contributed by atoms with E-state index in [4.69, 9.17) is 14.2 Å². The third-order valence-corrected chi connectivity index (χ3v) is 4.59. The van der Waals surface area contributed by atoms with Gasteiger partial charge in [-0.2, -0.15) is 0 Å². The van der Waals surface area contributed by atoms with Crippen LogP contribution >= 0.6 is 0 Å². The maximum absolute atomic E-state index is 5.71. The highest BCUT2D eigenvalue weighted by molar-refractivity contribution is 5.79. The van der Waals surface area contributed by atoms with Crippen molar-refractivity contribution in [1.29, 1.82) is 0 Å². The van der Waals surface area contributed by atoms with Crippen LogP contribution in [0.2, 0.25) is 0 Å². The first-order valence-electron chi connectivity index (χ1n) is 10.8. The molecule has 170 valence electrons. The molecule has 0 aliphatic heterocycles. The topological polar surface area (TPSA) is 76.1 Å². The van der Waals surface area contributed by atoms with Gasteiger partial charge < -0.3 is 30.2 Å². The number of aliphatic imine (C=N–C) groups is 1. The van der Waals surface area contributed by atoms with Gasteiger partial charge in [-0.3, -0.25) is 4.99 Å². The van der Waals surface area contributed by atoms with Gasteiger partial charge in [-0.05, 0) is 55.7 Å². The first-order valence-corrected chi connectivity index (χ1v) is 10.8. The molecular weight excluding hydrogens is 392 g/mol. The minimum absolute atomic E-state index is 0.614. The van der Waals surface area contributed by atoms with E-state index in [1.54, 1.807) is 14.2 Å². The molecule has 3 N–H and O–H groups in total. The Kier molecular flexibility index (Phi) is 11.1. The van der Waals surface area contributed by atoms with Gasteiger partial charge in [-0.1, -0.05) is 18.2 Å². The van der Waals surface area contributed by atoms with Crippen molar-refractivity contribution in [3.05, 3.63) is 53.6 Å². The zero-order chi connectivity index (χ0) is 22.3. The molecule has 0 aliphatic rings. The van der Waals surface area contributed by atoms with Crippen molar-refractivity contribution in [3.63, 3.8) is 0 Å². The van der Waals surface area contributed by atoms with Gasteiger partial charge in [0, 0.05) is 39.5 Å². The molecule has 2 rings (SSSR count). The lowest BCUT2D eigenvalue weighted by Crippen LogP contribution is -2.37. The quantitative estimate of drug-likeness (QED) is 0.258. The van der Waals surface area contributed by atoms with Gasteiger partial charge in [0.05, 0.1) is 19.8 Å².